The second-order valence-electron chi connectivity index (χ2n) is 3.81. The summed E-state index contributed by atoms with van der Waals surface area (Å²) in [4.78, 5) is 21.8. The lowest BCUT2D eigenvalue weighted by molar-refractivity contribution is -0.131. The lowest BCUT2D eigenvalue weighted by atomic mass is 10.0. The number of carboxylic acids is 1. The van der Waals surface area contributed by atoms with Crippen LogP contribution in [0.2, 0.25) is 0 Å². The second-order valence-corrected chi connectivity index (χ2v) is 3.81. The summed E-state index contributed by atoms with van der Waals surface area (Å²) in [6.07, 6.45) is 0. The average Bonchev–Trinajstić information content (AvgIpc) is 2.16. The summed E-state index contributed by atoms with van der Waals surface area (Å²) in [6.45, 7) is 5.17. The number of benzene rings is 1. The minimum Gasteiger partial charge on any atom is -0.478 e. The molecule has 0 radical (unpaired) electrons. The normalized spacial score (nSPS) is 10.2. The number of carbonyl (C=O) groups excluding carboxylic acids is 1. The number of aromatic carboxylic acids is 1. The Bertz CT molecular complexity index is 421. The number of esters is 1. The smallest absolute Gasteiger partial charge is 0.339 e. The van der Waals surface area contributed by atoms with Crippen LogP contribution in [0.5, 0.6) is 5.75 Å². The van der Waals surface area contributed by atoms with Gasteiger partial charge in [-0.05, 0) is 23.6 Å². The Hall–Kier alpha value is -1.84. The van der Waals surface area contributed by atoms with Crippen molar-refractivity contribution < 1.29 is 19.4 Å². The van der Waals surface area contributed by atoms with Crippen molar-refractivity contribution in [2.24, 2.45) is 0 Å². The highest BCUT2D eigenvalue weighted by atomic mass is 16.5. The largest absolute Gasteiger partial charge is 0.478 e. The first-order chi connectivity index (χ1) is 7.41. The van der Waals surface area contributed by atoms with E-state index >= 15 is 0 Å². The molecule has 0 saturated carbocycles. The summed E-state index contributed by atoms with van der Waals surface area (Å²) in [5, 5.41) is 8.99. The molecule has 4 nitrogen and oxygen atoms in total. The van der Waals surface area contributed by atoms with Crippen LogP contribution < -0.4 is 4.74 Å². The van der Waals surface area contributed by atoms with Crippen LogP contribution >= 0.6 is 0 Å². The van der Waals surface area contributed by atoms with Crippen LogP contribution in [-0.2, 0) is 4.79 Å². The van der Waals surface area contributed by atoms with Crippen molar-refractivity contribution in [3.05, 3.63) is 29.3 Å². The maximum atomic E-state index is 11.0. The molecule has 16 heavy (non-hydrogen) atoms. The van der Waals surface area contributed by atoms with E-state index < -0.39 is 11.9 Å². The molecule has 0 fully saturated rings. The van der Waals surface area contributed by atoms with Gasteiger partial charge in [0.2, 0.25) is 0 Å². The third kappa shape index (κ3) is 2.82. The van der Waals surface area contributed by atoms with Crippen LogP contribution in [0.15, 0.2) is 18.2 Å². The molecule has 0 aliphatic carbocycles. The van der Waals surface area contributed by atoms with E-state index in [1.54, 1.807) is 6.07 Å². The Labute approximate surface area is 93.9 Å². The fourth-order valence-corrected chi connectivity index (χ4v) is 1.32. The molecular formula is C12H14O4. The van der Waals surface area contributed by atoms with Crippen LogP contribution in [0.25, 0.3) is 0 Å². The fraction of sp³-hybridized carbons (Fsp3) is 0.333. The summed E-state index contributed by atoms with van der Waals surface area (Å²) < 4.78 is 4.82. The van der Waals surface area contributed by atoms with Gasteiger partial charge in [-0.15, -0.1) is 0 Å². The molecule has 4 heteroatoms. The Balaban J connectivity index is 3.19. The molecule has 0 unspecified atom stereocenters. The van der Waals surface area contributed by atoms with E-state index in [0.29, 0.717) is 0 Å². The molecule has 1 aromatic rings. The van der Waals surface area contributed by atoms with Crippen molar-refractivity contribution in [3.63, 3.8) is 0 Å². The fourth-order valence-electron chi connectivity index (χ4n) is 1.32. The zero-order valence-electron chi connectivity index (χ0n) is 9.48. The molecule has 0 spiro atoms. The van der Waals surface area contributed by atoms with E-state index in [1.165, 1.54) is 19.1 Å². The van der Waals surface area contributed by atoms with Crippen LogP contribution in [0.3, 0.4) is 0 Å². The lowest BCUT2D eigenvalue weighted by Gasteiger charge is -2.10. The maximum absolute atomic E-state index is 11.0. The average molecular weight is 222 g/mol. The van der Waals surface area contributed by atoms with Gasteiger partial charge >= 0.3 is 11.9 Å². The quantitative estimate of drug-likeness (QED) is 0.630. The van der Waals surface area contributed by atoms with Gasteiger partial charge in [0, 0.05) is 6.92 Å². The van der Waals surface area contributed by atoms with Gasteiger partial charge < -0.3 is 9.84 Å². The van der Waals surface area contributed by atoms with Crippen LogP contribution in [-0.4, -0.2) is 17.0 Å². The summed E-state index contributed by atoms with van der Waals surface area (Å²) >= 11 is 0. The van der Waals surface area contributed by atoms with Gasteiger partial charge in [-0.1, -0.05) is 19.9 Å². The van der Waals surface area contributed by atoms with Crippen molar-refractivity contribution >= 4 is 11.9 Å². The second kappa shape index (κ2) is 4.79. The van der Waals surface area contributed by atoms with E-state index in [2.05, 4.69) is 0 Å². The highest BCUT2D eigenvalue weighted by Gasteiger charge is 2.14. The van der Waals surface area contributed by atoms with Crippen molar-refractivity contribution in [1.82, 2.24) is 0 Å². The Kier molecular flexibility index (Phi) is 3.66. The Morgan fingerprint density at radius 3 is 2.38 bits per heavy atom. The van der Waals surface area contributed by atoms with Crippen molar-refractivity contribution in [3.8, 4) is 5.75 Å². The number of carboxylic acid groups (broad SMARTS) is 1. The van der Waals surface area contributed by atoms with Gasteiger partial charge in [0.25, 0.3) is 0 Å². The summed E-state index contributed by atoms with van der Waals surface area (Å²) in [6, 6.07) is 4.81. The molecule has 0 atom stereocenters. The third-order valence-corrected chi connectivity index (χ3v) is 2.15. The van der Waals surface area contributed by atoms with E-state index in [4.69, 9.17) is 9.84 Å². The minimum atomic E-state index is -1.10. The maximum Gasteiger partial charge on any atom is 0.339 e. The highest BCUT2D eigenvalue weighted by Crippen LogP contribution is 2.24. The molecule has 0 aromatic heterocycles. The molecule has 0 bridgehead atoms. The van der Waals surface area contributed by atoms with Crippen LogP contribution in [0.1, 0.15) is 42.6 Å². The summed E-state index contributed by atoms with van der Waals surface area (Å²) in [5.74, 6) is -1.31. The highest BCUT2D eigenvalue weighted by molar-refractivity contribution is 5.92. The molecule has 1 aromatic carbocycles. The number of carbonyl (C=O) groups is 2. The molecule has 0 saturated heterocycles. The van der Waals surface area contributed by atoms with Crippen molar-refractivity contribution in [1.29, 1.82) is 0 Å². The standard InChI is InChI=1S/C12H14O4/c1-7(2)9-4-5-11(16-8(3)13)10(6-9)12(14)15/h4-7H,1-3H3,(H,14,15). The first-order valence-corrected chi connectivity index (χ1v) is 4.97. The topological polar surface area (TPSA) is 63.6 Å². The molecule has 86 valence electrons. The zero-order chi connectivity index (χ0) is 12.3. The summed E-state index contributed by atoms with van der Waals surface area (Å²) in [7, 11) is 0. The number of hydrogen-bond acceptors (Lipinski definition) is 3. The first-order valence-electron chi connectivity index (χ1n) is 4.97. The van der Waals surface area contributed by atoms with Gasteiger partial charge in [-0.25, -0.2) is 4.79 Å². The van der Waals surface area contributed by atoms with E-state index in [0.717, 1.165) is 5.56 Å². The molecule has 1 N–H and O–H groups in total. The van der Waals surface area contributed by atoms with Gasteiger partial charge in [0.05, 0.1) is 0 Å². The molecular weight excluding hydrogens is 208 g/mol. The molecule has 0 heterocycles. The van der Waals surface area contributed by atoms with E-state index in [9.17, 15) is 9.59 Å². The predicted octanol–water partition coefficient (Wildman–Crippen LogP) is 2.43. The van der Waals surface area contributed by atoms with Gasteiger partial charge in [-0.3, -0.25) is 4.79 Å². The monoisotopic (exact) mass is 222 g/mol. The number of hydrogen-bond donors (Lipinski definition) is 1. The number of ether oxygens (including phenoxy) is 1. The van der Waals surface area contributed by atoms with Gasteiger partial charge in [-0.2, -0.15) is 0 Å². The molecule has 0 aliphatic heterocycles. The SMILES string of the molecule is CC(=O)Oc1ccc(C(C)C)cc1C(=O)O. The van der Waals surface area contributed by atoms with Crippen LogP contribution in [0, 0.1) is 0 Å². The van der Waals surface area contributed by atoms with E-state index in [1.807, 2.05) is 13.8 Å². The summed E-state index contributed by atoms with van der Waals surface area (Å²) in [5.41, 5.74) is 0.912. The van der Waals surface area contributed by atoms with Crippen molar-refractivity contribution in [2.75, 3.05) is 0 Å². The predicted molar refractivity (Wildman–Crippen MR) is 58.8 cm³/mol. The molecule has 0 amide bonds. The van der Waals surface area contributed by atoms with Crippen molar-refractivity contribution in [2.45, 2.75) is 26.7 Å². The molecule has 0 aliphatic rings. The van der Waals surface area contributed by atoms with Gasteiger partial charge in [0.1, 0.15) is 11.3 Å². The third-order valence-electron chi connectivity index (χ3n) is 2.15. The lowest BCUT2D eigenvalue weighted by Crippen LogP contribution is -2.08. The van der Waals surface area contributed by atoms with Crippen LogP contribution in [0.4, 0.5) is 0 Å². The Morgan fingerprint density at radius 2 is 1.94 bits per heavy atom. The zero-order valence-corrected chi connectivity index (χ0v) is 9.48. The number of rotatable bonds is 3. The minimum absolute atomic E-state index is 0.0152. The Morgan fingerprint density at radius 1 is 1.31 bits per heavy atom. The van der Waals surface area contributed by atoms with Gasteiger partial charge in [0.15, 0.2) is 0 Å². The first kappa shape index (κ1) is 12.2. The molecule has 1 rings (SSSR count). The van der Waals surface area contributed by atoms with E-state index in [-0.39, 0.29) is 17.2 Å².